The van der Waals surface area contributed by atoms with Gasteiger partial charge in [0.25, 0.3) is 0 Å². The maximum atomic E-state index is 13.3. The van der Waals surface area contributed by atoms with E-state index in [1.165, 1.54) is 24.1 Å². The largest absolute Gasteiger partial charge is 0.497 e. The summed E-state index contributed by atoms with van der Waals surface area (Å²) in [5.41, 5.74) is 1.06. The Morgan fingerprint density at radius 1 is 1.14 bits per heavy atom. The molecule has 0 aliphatic rings. The SMILES string of the molecule is CC[C@H](C(=O)NC)N(Cc1cccc(OC)c1)C(=O)CCCN(c1cc(Cl)ccc1Cl)S(C)(=O)=O. The van der Waals surface area contributed by atoms with Gasteiger partial charge >= 0.3 is 0 Å². The molecule has 0 bridgehead atoms. The summed E-state index contributed by atoms with van der Waals surface area (Å²) in [7, 11) is -0.600. The molecule has 2 aromatic rings. The average Bonchev–Trinajstić information content (AvgIpc) is 2.82. The highest BCUT2D eigenvalue weighted by atomic mass is 35.5. The Morgan fingerprint density at radius 2 is 1.86 bits per heavy atom. The van der Waals surface area contributed by atoms with Gasteiger partial charge in [-0.05, 0) is 48.7 Å². The lowest BCUT2D eigenvalue weighted by Crippen LogP contribution is -2.48. The van der Waals surface area contributed by atoms with Crippen LogP contribution in [0.25, 0.3) is 0 Å². The molecule has 0 spiro atoms. The molecule has 1 N–H and O–H groups in total. The second-order valence-corrected chi connectivity index (χ2v) is 10.7. The van der Waals surface area contributed by atoms with Crippen LogP contribution in [0, 0.1) is 0 Å². The van der Waals surface area contributed by atoms with E-state index in [0.29, 0.717) is 17.2 Å². The number of amides is 2. The number of benzene rings is 2. The Bertz CT molecular complexity index is 1140. The molecule has 0 aromatic heterocycles. The fraction of sp³-hybridized carbons (Fsp3) is 0.417. The van der Waals surface area contributed by atoms with Gasteiger partial charge in [-0.1, -0.05) is 42.3 Å². The van der Waals surface area contributed by atoms with Crippen molar-refractivity contribution in [3.8, 4) is 5.75 Å². The Hall–Kier alpha value is -2.49. The van der Waals surface area contributed by atoms with Crippen LogP contribution >= 0.6 is 23.2 Å². The molecule has 0 saturated carbocycles. The molecule has 0 aliphatic carbocycles. The van der Waals surface area contributed by atoms with Gasteiger partial charge in [-0.15, -0.1) is 0 Å². The first kappa shape index (κ1) is 28.7. The molecule has 35 heavy (non-hydrogen) atoms. The van der Waals surface area contributed by atoms with E-state index in [9.17, 15) is 18.0 Å². The lowest BCUT2D eigenvalue weighted by atomic mass is 10.1. The molecule has 11 heteroatoms. The Morgan fingerprint density at radius 3 is 2.46 bits per heavy atom. The summed E-state index contributed by atoms with van der Waals surface area (Å²) in [4.78, 5) is 27.4. The number of nitrogens with one attached hydrogen (secondary N) is 1. The van der Waals surface area contributed by atoms with Gasteiger partial charge in [0.15, 0.2) is 0 Å². The first-order valence-electron chi connectivity index (χ1n) is 11.1. The van der Waals surface area contributed by atoms with Crippen LogP contribution in [0.2, 0.25) is 10.0 Å². The van der Waals surface area contributed by atoms with E-state index in [1.807, 2.05) is 25.1 Å². The van der Waals surface area contributed by atoms with Crippen LogP contribution in [0.1, 0.15) is 31.7 Å². The summed E-state index contributed by atoms with van der Waals surface area (Å²) in [5.74, 6) is 0.103. The van der Waals surface area contributed by atoms with Gasteiger partial charge in [-0.25, -0.2) is 8.42 Å². The lowest BCUT2D eigenvalue weighted by Gasteiger charge is -2.31. The zero-order chi connectivity index (χ0) is 26.2. The van der Waals surface area contributed by atoms with Crippen LogP contribution in [-0.4, -0.2) is 58.1 Å². The number of hydrogen-bond acceptors (Lipinski definition) is 5. The molecule has 0 radical (unpaired) electrons. The quantitative estimate of drug-likeness (QED) is 0.434. The summed E-state index contributed by atoms with van der Waals surface area (Å²) in [6.07, 6.45) is 1.73. The van der Waals surface area contributed by atoms with Crippen molar-refractivity contribution in [3.05, 3.63) is 58.1 Å². The van der Waals surface area contributed by atoms with E-state index >= 15 is 0 Å². The van der Waals surface area contributed by atoms with Crippen molar-refractivity contribution in [2.24, 2.45) is 0 Å². The lowest BCUT2D eigenvalue weighted by molar-refractivity contribution is -0.141. The Kier molecular flexibility index (Phi) is 10.7. The number of carbonyl (C=O) groups is 2. The number of hydrogen-bond donors (Lipinski definition) is 1. The molecule has 2 aromatic carbocycles. The summed E-state index contributed by atoms with van der Waals surface area (Å²) in [5, 5.41) is 3.19. The van der Waals surface area contributed by atoms with Gasteiger partial charge in [0.2, 0.25) is 21.8 Å². The first-order valence-corrected chi connectivity index (χ1v) is 13.7. The predicted molar refractivity (Wildman–Crippen MR) is 140 cm³/mol. The molecule has 192 valence electrons. The highest BCUT2D eigenvalue weighted by Crippen LogP contribution is 2.31. The van der Waals surface area contributed by atoms with Crippen LogP contribution in [-0.2, 0) is 26.2 Å². The summed E-state index contributed by atoms with van der Waals surface area (Å²) in [6.45, 7) is 2.06. The van der Waals surface area contributed by atoms with Gasteiger partial charge in [0.1, 0.15) is 11.8 Å². The Balaban J connectivity index is 2.24. The normalized spacial score (nSPS) is 12.1. The maximum absolute atomic E-state index is 13.3. The third-order valence-electron chi connectivity index (χ3n) is 5.45. The van der Waals surface area contributed by atoms with Gasteiger partial charge in [-0.3, -0.25) is 13.9 Å². The van der Waals surface area contributed by atoms with Crippen LogP contribution < -0.4 is 14.4 Å². The van der Waals surface area contributed by atoms with E-state index in [1.54, 1.807) is 19.2 Å². The number of methoxy groups -OCH3 is 1. The van der Waals surface area contributed by atoms with Crippen molar-refractivity contribution in [3.63, 3.8) is 0 Å². The van der Waals surface area contributed by atoms with Crippen molar-refractivity contribution < 1.29 is 22.7 Å². The third-order valence-corrected chi connectivity index (χ3v) is 7.18. The molecular weight excluding hydrogens is 513 g/mol. The predicted octanol–water partition coefficient (Wildman–Crippen LogP) is 4.10. The van der Waals surface area contributed by atoms with E-state index < -0.39 is 16.1 Å². The molecule has 0 saturated heterocycles. The molecule has 2 amide bonds. The number of halogens is 2. The van der Waals surface area contributed by atoms with Gasteiger partial charge in [0, 0.05) is 31.6 Å². The van der Waals surface area contributed by atoms with Gasteiger partial charge in [-0.2, -0.15) is 0 Å². The second-order valence-electron chi connectivity index (χ2n) is 7.95. The minimum absolute atomic E-state index is 0.0222. The average molecular weight is 545 g/mol. The maximum Gasteiger partial charge on any atom is 0.242 e. The summed E-state index contributed by atoms with van der Waals surface area (Å²) in [6, 6.07) is 11.2. The number of anilines is 1. The fourth-order valence-electron chi connectivity index (χ4n) is 3.71. The van der Waals surface area contributed by atoms with Crippen molar-refractivity contribution in [2.45, 2.75) is 38.8 Å². The van der Waals surface area contributed by atoms with Crippen molar-refractivity contribution >= 4 is 50.7 Å². The molecule has 1 atom stereocenters. The van der Waals surface area contributed by atoms with Gasteiger partial charge < -0.3 is 15.0 Å². The van der Waals surface area contributed by atoms with Crippen LogP contribution in [0.4, 0.5) is 5.69 Å². The second kappa shape index (κ2) is 13.0. The molecule has 0 fully saturated rings. The molecular formula is C24H31Cl2N3O5S. The number of rotatable bonds is 12. The fourth-order valence-corrected chi connectivity index (χ4v) is 5.12. The molecule has 0 aliphatic heterocycles. The smallest absolute Gasteiger partial charge is 0.242 e. The number of sulfonamides is 1. The van der Waals surface area contributed by atoms with E-state index in [2.05, 4.69) is 5.32 Å². The summed E-state index contributed by atoms with van der Waals surface area (Å²) < 4.78 is 31.3. The minimum Gasteiger partial charge on any atom is -0.497 e. The molecule has 0 unspecified atom stereocenters. The van der Waals surface area contributed by atoms with E-state index in [-0.39, 0.29) is 48.5 Å². The van der Waals surface area contributed by atoms with Crippen LogP contribution in [0.3, 0.4) is 0 Å². The number of nitrogens with zero attached hydrogens (tertiary/aromatic N) is 2. The number of likely N-dealkylation sites (N-methyl/N-ethyl adjacent to an activating group) is 1. The highest BCUT2D eigenvalue weighted by molar-refractivity contribution is 7.92. The third kappa shape index (κ3) is 8.02. The Labute approximate surface area is 217 Å². The monoisotopic (exact) mass is 543 g/mol. The zero-order valence-corrected chi connectivity index (χ0v) is 22.6. The first-order chi connectivity index (χ1) is 16.5. The van der Waals surface area contributed by atoms with E-state index in [4.69, 9.17) is 27.9 Å². The number of carbonyl (C=O) groups excluding carboxylic acids is 2. The van der Waals surface area contributed by atoms with Crippen LogP contribution in [0.5, 0.6) is 5.75 Å². The van der Waals surface area contributed by atoms with Crippen molar-refractivity contribution in [2.75, 3.05) is 31.3 Å². The standard InChI is InChI=1S/C24H31Cl2N3O5S/c1-5-21(24(31)27-2)28(16-17-8-6-9-19(14-17)34-3)23(30)10-7-13-29(35(4,32)33)22-15-18(25)11-12-20(22)26/h6,8-9,11-12,14-15,21H,5,7,10,13,16H2,1-4H3,(H,27,31)/t21-/m1/s1. The topological polar surface area (TPSA) is 96.0 Å². The van der Waals surface area contributed by atoms with E-state index in [0.717, 1.165) is 16.1 Å². The van der Waals surface area contributed by atoms with Crippen molar-refractivity contribution in [1.82, 2.24) is 10.2 Å². The molecule has 0 heterocycles. The van der Waals surface area contributed by atoms with Crippen molar-refractivity contribution in [1.29, 1.82) is 0 Å². The van der Waals surface area contributed by atoms with Gasteiger partial charge in [0.05, 0.1) is 24.1 Å². The van der Waals surface area contributed by atoms with Crippen LogP contribution in [0.15, 0.2) is 42.5 Å². The molecule has 8 nitrogen and oxygen atoms in total. The summed E-state index contributed by atoms with van der Waals surface area (Å²) >= 11 is 12.3. The molecule has 2 rings (SSSR count). The highest BCUT2D eigenvalue weighted by Gasteiger charge is 2.28. The minimum atomic E-state index is -3.68. The number of ether oxygens (including phenoxy) is 1. The zero-order valence-electron chi connectivity index (χ0n) is 20.3.